The number of rotatable bonds is 4. The van der Waals surface area contributed by atoms with E-state index in [0.29, 0.717) is 12.2 Å². The van der Waals surface area contributed by atoms with Crippen molar-refractivity contribution in [1.82, 2.24) is 20.4 Å². The summed E-state index contributed by atoms with van der Waals surface area (Å²) in [6.45, 7) is 7.39. The predicted octanol–water partition coefficient (Wildman–Crippen LogP) is 3.67. The first-order chi connectivity index (χ1) is 11.8. The summed E-state index contributed by atoms with van der Waals surface area (Å²) in [5.74, 6) is 0.783. The van der Waals surface area contributed by atoms with E-state index in [9.17, 15) is 4.79 Å². The van der Waals surface area contributed by atoms with Gasteiger partial charge in [-0.2, -0.15) is 4.98 Å². The fraction of sp³-hybridized carbons (Fsp3) is 0.389. The second-order valence-electron chi connectivity index (χ2n) is 7.01. The second kappa shape index (κ2) is 6.58. The Morgan fingerprint density at radius 1 is 1.36 bits per heavy atom. The Morgan fingerprint density at radius 2 is 2.12 bits per heavy atom. The molecule has 132 valence electrons. The number of aryl methyl sites for hydroxylation is 1. The number of ether oxygens (including phenoxy) is 1. The van der Waals surface area contributed by atoms with Crippen LogP contribution in [0.4, 0.5) is 4.79 Å². The van der Waals surface area contributed by atoms with E-state index in [-0.39, 0.29) is 5.89 Å². The maximum absolute atomic E-state index is 12.2. The van der Waals surface area contributed by atoms with E-state index in [0.717, 1.165) is 16.5 Å². The lowest BCUT2D eigenvalue weighted by Crippen LogP contribution is -2.41. The van der Waals surface area contributed by atoms with E-state index in [1.807, 2.05) is 51.2 Å². The third kappa shape index (κ3) is 4.17. The van der Waals surface area contributed by atoms with Crippen LogP contribution in [0, 0.1) is 6.92 Å². The number of hydrogen-bond acceptors (Lipinski definition) is 5. The molecule has 3 rings (SSSR count). The molecule has 2 heterocycles. The first-order valence-electron chi connectivity index (χ1n) is 8.16. The Kier molecular flexibility index (Phi) is 4.48. The largest absolute Gasteiger partial charge is 0.436 e. The molecule has 0 spiro atoms. The summed E-state index contributed by atoms with van der Waals surface area (Å²) >= 11 is 0. The normalized spacial score (nSPS) is 13.0. The number of nitrogens with one attached hydrogen (secondary N) is 2. The number of para-hydroxylation sites is 1. The Morgan fingerprint density at radius 3 is 2.80 bits per heavy atom. The molecule has 0 fully saturated rings. The van der Waals surface area contributed by atoms with Crippen LogP contribution < -0.4 is 5.32 Å². The Labute approximate surface area is 145 Å². The summed E-state index contributed by atoms with van der Waals surface area (Å²) < 4.78 is 10.8. The number of H-pyrrole nitrogens is 1. The molecule has 7 heteroatoms. The van der Waals surface area contributed by atoms with Crippen LogP contribution in [0.25, 0.3) is 10.9 Å². The van der Waals surface area contributed by atoms with Crippen molar-refractivity contribution in [2.24, 2.45) is 0 Å². The fourth-order valence-electron chi connectivity index (χ4n) is 2.59. The number of hydrogen-bond donors (Lipinski definition) is 2. The predicted molar refractivity (Wildman–Crippen MR) is 93.1 cm³/mol. The number of fused-ring (bicyclic) bond motifs is 1. The average molecular weight is 342 g/mol. The first-order valence-corrected chi connectivity index (χ1v) is 8.16. The summed E-state index contributed by atoms with van der Waals surface area (Å²) in [7, 11) is 0. The molecule has 2 N–H and O–H groups in total. The molecule has 0 aliphatic rings. The van der Waals surface area contributed by atoms with Crippen molar-refractivity contribution < 1.29 is 14.1 Å². The quantitative estimate of drug-likeness (QED) is 0.754. The number of amides is 1. The molecular weight excluding hydrogens is 320 g/mol. The van der Waals surface area contributed by atoms with Gasteiger partial charge in [0.25, 0.3) is 5.89 Å². The van der Waals surface area contributed by atoms with E-state index >= 15 is 0 Å². The van der Waals surface area contributed by atoms with Gasteiger partial charge in [-0.3, -0.25) is 0 Å². The highest BCUT2D eigenvalue weighted by atomic mass is 16.6. The zero-order valence-corrected chi connectivity index (χ0v) is 14.8. The smallest absolute Gasteiger partial charge is 0.408 e. The van der Waals surface area contributed by atoms with Crippen LogP contribution in [0.1, 0.15) is 44.2 Å². The molecule has 1 aromatic carbocycles. The molecule has 1 amide bonds. The zero-order valence-electron chi connectivity index (χ0n) is 14.8. The highest BCUT2D eigenvalue weighted by Crippen LogP contribution is 2.26. The molecule has 25 heavy (non-hydrogen) atoms. The van der Waals surface area contributed by atoms with Crippen LogP contribution >= 0.6 is 0 Å². The van der Waals surface area contributed by atoms with E-state index in [2.05, 4.69) is 20.4 Å². The van der Waals surface area contributed by atoms with Crippen molar-refractivity contribution in [2.75, 3.05) is 0 Å². The molecule has 1 atom stereocenters. The number of aromatic nitrogens is 3. The van der Waals surface area contributed by atoms with Crippen LogP contribution in [0.5, 0.6) is 0 Å². The topological polar surface area (TPSA) is 93.0 Å². The van der Waals surface area contributed by atoms with Gasteiger partial charge in [-0.25, -0.2) is 4.79 Å². The van der Waals surface area contributed by atoms with Gasteiger partial charge in [-0.05, 0) is 39.3 Å². The van der Waals surface area contributed by atoms with Gasteiger partial charge in [-0.1, -0.05) is 23.4 Å². The summed E-state index contributed by atoms with van der Waals surface area (Å²) in [4.78, 5) is 19.7. The Balaban J connectivity index is 1.85. The molecule has 0 unspecified atom stereocenters. The van der Waals surface area contributed by atoms with Crippen molar-refractivity contribution in [1.29, 1.82) is 0 Å². The summed E-state index contributed by atoms with van der Waals surface area (Å²) in [5, 5.41) is 7.66. The van der Waals surface area contributed by atoms with E-state index < -0.39 is 17.7 Å². The van der Waals surface area contributed by atoms with Gasteiger partial charge in [0.1, 0.15) is 0 Å². The van der Waals surface area contributed by atoms with E-state index in [1.54, 1.807) is 6.92 Å². The highest BCUT2D eigenvalue weighted by Gasteiger charge is 2.26. The summed E-state index contributed by atoms with van der Waals surface area (Å²) in [5.41, 5.74) is 1.64. The SMILES string of the molecule is Cc1noc([C@@H](Cc2c[nH]c3ccccc23)OC(=O)NC(C)(C)C)n1. The fourth-order valence-corrected chi connectivity index (χ4v) is 2.59. The van der Waals surface area contributed by atoms with Crippen LogP contribution in [0.15, 0.2) is 35.0 Å². The second-order valence-corrected chi connectivity index (χ2v) is 7.01. The number of alkyl carbamates (subject to hydrolysis) is 1. The van der Waals surface area contributed by atoms with Crippen molar-refractivity contribution in [3.05, 3.63) is 47.7 Å². The van der Waals surface area contributed by atoms with E-state index in [4.69, 9.17) is 9.26 Å². The maximum Gasteiger partial charge on any atom is 0.408 e. The summed E-state index contributed by atoms with van der Waals surface area (Å²) in [6, 6.07) is 7.96. The lowest BCUT2D eigenvalue weighted by Gasteiger charge is -2.22. The van der Waals surface area contributed by atoms with Crippen molar-refractivity contribution in [3.8, 4) is 0 Å². The summed E-state index contributed by atoms with van der Waals surface area (Å²) in [6.07, 6.45) is 1.16. The lowest BCUT2D eigenvalue weighted by atomic mass is 10.1. The number of benzene rings is 1. The van der Waals surface area contributed by atoms with Gasteiger partial charge >= 0.3 is 6.09 Å². The van der Waals surface area contributed by atoms with Gasteiger partial charge in [0, 0.05) is 29.1 Å². The van der Waals surface area contributed by atoms with Gasteiger partial charge in [0.15, 0.2) is 11.9 Å². The molecule has 0 radical (unpaired) electrons. The van der Waals surface area contributed by atoms with Crippen LogP contribution in [-0.4, -0.2) is 26.8 Å². The van der Waals surface area contributed by atoms with Crippen LogP contribution in [-0.2, 0) is 11.2 Å². The number of carbonyl (C=O) groups excluding carboxylic acids is 1. The standard InChI is InChI=1S/C18H22N4O3/c1-11-20-16(25-22-11)15(24-17(23)21-18(2,3)4)9-12-10-19-14-8-6-5-7-13(12)14/h5-8,10,15,19H,9H2,1-4H3,(H,21,23)/t15-/m1/s1. The number of carbonyl (C=O) groups is 1. The monoisotopic (exact) mass is 342 g/mol. The third-order valence-corrected chi connectivity index (χ3v) is 3.63. The molecule has 0 saturated heterocycles. The van der Waals surface area contributed by atoms with Crippen molar-refractivity contribution >= 4 is 17.0 Å². The third-order valence-electron chi connectivity index (χ3n) is 3.63. The van der Waals surface area contributed by atoms with E-state index in [1.165, 1.54) is 0 Å². The molecule has 2 aromatic heterocycles. The minimum absolute atomic E-state index is 0.284. The van der Waals surface area contributed by atoms with Crippen molar-refractivity contribution in [3.63, 3.8) is 0 Å². The zero-order chi connectivity index (χ0) is 18.0. The minimum Gasteiger partial charge on any atom is -0.436 e. The number of aromatic amines is 1. The highest BCUT2D eigenvalue weighted by molar-refractivity contribution is 5.83. The van der Waals surface area contributed by atoms with Crippen LogP contribution in [0.3, 0.4) is 0 Å². The van der Waals surface area contributed by atoms with Gasteiger partial charge in [-0.15, -0.1) is 0 Å². The number of nitrogens with zero attached hydrogens (tertiary/aromatic N) is 2. The van der Waals surface area contributed by atoms with Gasteiger partial charge in [0.2, 0.25) is 0 Å². The molecule has 3 aromatic rings. The molecule has 0 bridgehead atoms. The van der Waals surface area contributed by atoms with Crippen molar-refractivity contribution in [2.45, 2.75) is 45.8 Å². The average Bonchev–Trinajstić information content (AvgIpc) is 3.12. The molecular formula is C18H22N4O3. The molecule has 0 aliphatic carbocycles. The van der Waals surface area contributed by atoms with Crippen LogP contribution in [0.2, 0.25) is 0 Å². The molecule has 0 saturated carbocycles. The van der Waals surface area contributed by atoms with Gasteiger partial charge < -0.3 is 19.6 Å². The Hall–Kier alpha value is -2.83. The van der Waals surface area contributed by atoms with Gasteiger partial charge in [0.05, 0.1) is 0 Å². The lowest BCUT2D eigenvalue weighted by molar-refractivity contribution is 0.0722. The maximum atomic E-state index is 12.2. The first kappa shape index (κ1) is 17.0. The Bertz CT molecular complexity index is 876. The minimum atomic E-state index is -0.664. The molecule has 0 aliphatic heterocycles. The molecule has 7 nitrogen and oxygen atoms in total.